The van der Waals surface area contributed by atoms with E-state index in [2.05, 4.69) is 48.5 Å². The molecule has 0 saturated carbocycles. The minimum absolute atomic E-state index is 0.000148. The number of nitrogens with zero attached hydrogens (tertiary/aromatic N) is 3. The summed E-state index contributed by atoms with van der Waals surface area (Å²) in [7, 11) is 3.81. The van der Waals surface area contributed by atoms with Crippen LogP contribution in [-0.4, -0.2) is 59.0 Å². The van der Waals surface area contributed by atoms with Gasteiger partial charge in [-0.3, -0.25) is 4.79 Å². The number of aromatic amines is 1. The molecule has 3 N–H and O–H groups in total. The number of benzene rings is 1. The van der Waals surface area contributed by atoms with Gasteiger partial charge in [-0.05, 0) is 54.5 Å². The summed E-state index contributed by atoms with van der Waals surface area (Å²) >= 11 is 3.63. The zero-order valence-electron chi connectivity index (χ0n) is 16.6. The predicted molar refractivity (Wildman–Crippen MR) is 119 cm³/mol. The largest absolute Gasteiger partial charge is 0.379 e. The quantitative estimate of drug-likeness (QED) is 0.548. The Morgan fingerprint density at radius 1 is 1.28 bits per heavy atom. The Morgan fingerprint density at radius 3 is 2.69 bits per heavy atom. The number of amides is 1. The molecule has 1 saturated heterocycles. The highest BCUT2D eigenvalue weighted by Gasteiger charge is 2.20. The van der Waals surface area contributed by atoms with Crippen LogP contribution in [0.25, 0.3) is 22.6 Å². The number of halogens is 1. The molecule has 1 amide bonds. The second-order valence-corrected chi connectivity index (χ2v) is 8.39. The summed E-state index contributed by atoms with van der Waals surface area (Å²) in [5.74, 6) is 0.767. The van der Waals surface area contributed by atoms with E-state index in [1.807, 2.05) is 30.5 Å². The Bertz CT molecular complexity index is 1010. The number of H-pyrrole nitrogens is 1. The molecule has 2 aromatic heterocycles. The van der Waals surface area contributed by atoms with E-state index >= 15 is 0 Å². The van der Waals surface area contributed by atoms with Crippen molar-refractivity contribution < 1.29 is 4.79 Å². The minimum Gasteiger partial charge on any atom is -0.379 e. The number of fused-ring (bicyclic) bond motifs is 1. The minimum atomic E-state index is 0.000148. The molecule has 0 atom stereocenters. The molecule has 8 heteroatoms. The lowest BCUT2D eigenvalue weighted by molar-refractivity contribution is -0.119. The third kappa shape index (κ3) is 4.43. The molecule has 1 aromatic carbocycles. The van der Waals surface area contributed by atoms with Crippen molar-refractivity contribution in [3.05, 3.63) is 40.5 Å². The molecule has 0 bridgehead atoms. The zero-order chi connectivity index (χ0) is 20.4. The van der Waals surface area contributed by atoms with Gasteiger partial charge in [-0.2, -0.15) is 0 Å². The van der Waals surface area contributed by atoms with Crippen molar-refractivity contribution in [2.24, 2.45) is 0 Å². The fourth-order valence-electron chi connectivity index (χ4n) is 3.62. The monoisotopic (exact) mass is 456 g/mol. The number of likely N-dealkylation sites (tertiary alicyclic amines) is 1. The van der Waals surface area contributed by atoms with Gasteiger partial charge in [-0.25, -0.2) is 9.97 Å². The highest BCUT2D eigenvalue weighted by atomic mass is 79.9. The summed E-state index contributed by atoms with van der Waals surface area (Å²) in [5.41, 5.74) is 4.51. The Balaban J connectivity index is 1.60. The number of carbonyl (C=O) groups is 1. The smallest absolute Gasteiger partial charge is 0.224 e. The van der Waals surface area contributed by atoms with Crippen molar-refractivity contribution in [1.29, 1.82) is 0 Å². The number of hydrogen-bond donors (Lipinski definition) is 3. The maximum absolute atomic E-state index is 11.6. The second-order valence-electron chi connectivity index (χ2n) is 7.53. The number of nitrogens with one attached hydrogen (secondary N) is 3. The number of rotatable bonds is 5. The first-order valence-corrected chi connectivity index (χ1v) is 10.6. The average Bonchev–Trinajstić information content (AvgIpc) is 3.16. The maximum Gasteiger partial charge on any atom is 0.224 e. The van der Waals surface area contributed by atoms with Crippen molar-refractivity contribution in [3.63, 3.8) is 0 Å². The Hall–Kier alpha value is -2.45. The summed E-state index contributed by atoms with van der Waals surface area (Å²) in [5, 5.41) is 6.32. The Morgan fingerprint density at radius 2 is 2.00 bits per heavy atom. The third-order valence-corrected chi connectivity index (χ3v) is 6.01. The van der Waals surface area contributed by atoms with Gasteiger partial charge < -0.3 is 20.5 Å². The Labute approximate surface area is 178 Å². The van der Waals surface area contributed by atoms with Crippen molar-refractivity contribution in [2.45, 2.75) is 25.3 Å². The van der Waals surface area contributed by atoms with Crippen LogP contribution in [-0.2, 0) is 11.2 Å². The number of hydrogen-bond acceptors (Lipinski definition) is 5. The van der Waals surface area contributed by atoms with Crippen LogP contribution in [0.3, 0.4) is 0 Å². The van der Waals surface area contributed by atoms with Crippen LogP contribution in [0.15, 0.2) is 34.9 Å². The van der Waals surface area contributed by atoms with Gasteiger partial charge in [0.05, 0.1) is 16.6 Å². The molecule has 1 fully saturated rings. The molecule has 3 aromatic rings. The molecular weight excluding hydrogens is 432 g/mol. The lowest BCUT2D eigenvalue weighted by Gasteiger charge is -2.30. The van der Waals surface area contributed by atoms with Gasteiger partial charge in [0.2, 0.25) is 5.91 Å². The molecule has 152 valence electrons. The van der Waals surface area contributed by atoms with E-state index in [0.29, 0.717) is 12.5 Å². The standard InChI is InChI=1S/C21H25BrN6O/c1-23-17(29)11-13-3-5-14(6-4-13)20-26-19-18(16(22)12-24-21(19)27-20)25-15-7-9-28(2)10-8-15/h3-6,12,15H,7-11H2,1-2H3,(H,23,29)(H2,24,25,26,27). The van der Waals surface area contributed by atoms with Crippen LogP contribution >= 0.6 is 15.9 Å². The van der Waals surface area contributed by atoms with Crippen molar-refractivity contribution in [1.82, 2.24) is 25.2 Å². The molecule has 29 heavy (non-hydrogen) atoms. The number of pyridine rings is 1. The molecule has 1 aliphatic heterocycles. The van der Waals surface area contributed by atoms with Crippen molar-refractivity contribution in [2.75, 3.05) is 32.5 Å². The summed E-state index contributed by atoms with van der Waals surface area (Å²) in [6.45, 7) is 2.19. The normalized spacial score (nSPS) is 15.6. The molecule has 4 rings (SSSR count). The van der Waals surface area contributed by atoms with Crippen LogP contribution in [0.5, 0.6) is 0 Å². The molecule has 1 aliphatic rings. The van der Waals surface area contributed by atoms with Gasteiger partial charge in [-0.15, -0.1) is 0 Å². The Kier molecular flexibility index (Phi) is 5.82. The van der Waals surface area contributed by atoms with E-state index in [-0.39, 0.29) is 5.91 Å². The number of aromatic nitrogens is 3. The van der Waals surface area contributed by atoms with Crippen LogP contribution < -0.4 is 10.6 Å². The van der Waals surface area contributed by atoms with Gasteiger partial charge in [-0.1, -0.05) is 24.3 Å². The van der Waals surface area contributed by atoms with Crippen molar-refractivity contribution >= 4 is 38.7 Å². The van der Waals surface area contributed by atoms with E-state index < -0.39 is 0 Å². The fourth-order valence-corrected chi connectivity index (χ4v) is 4.02. The SMILES string of the molecule is CNC(=O)Cc1ccc(-c2nc3c(NC4CCN(C)CC4)c(Br)cnc3[nH]2)cc1. The van der Waals surface area contributed by atoms with Crippen LogP contribution in [0.2, 0.25) is 0 Å². The highest BCUT2D eigenvalue weighted by Crippen LogP contribution is 2.32. The molecular formula is C21H25BrN6O. The molecule has 0 unspecified atom stereocenters. The van der Waals surface area contributed by atoms with E-state index in [4.69, 9.17) is 4.98 Å². The topological polar surface area (TPSA) is 85.9 Å². The van der Waals surface area contributed by atoms with E-state index in [1.54, 1.807) is 7.05 Å². The first kappa shape index (κ1) is 19.8. The molecule has 7 nitrogen and oxygen atoms in total. The first-order chi connectivity index (χ1) is 14.0. The third-order valence-electron chi connectivity index (χ3n) is 5.41. The average molecular weight is 457 g/mol. The number of anilines is 1. The predicted octanol–water partition coefficient (Wildman–Crippen LogP) is 3.18. The van der Waals surface area contributed by atoms with Gasteiger partial charge in [0.25, 0.3) is 0 Å². The summed E-state index contributed by atoms with van der Waals surface area (Å²) < 4.78 is 0.919. The zero-order valence-corrected chi connectivity index (χ0v) is 18.2. The molecule has 0 spiro atoms. The van der Waals surface area contributed by atoms with Crippen LogP contribution in [0.4, 0.5) is 5.69 Å². The fraction of sp³-hybridized carbons (Fsp3) is 0.381. The number of imidazole rings is 1. The van der Waals surface area contributed by atoms with E-state index in [9.17, 15) is 4.79 Å². The number of likely N-dealkylation sites (N-methyl/N-ethyl adjacent to an activating group) is 1. The van der Waals surface area contributed by atoms with Gasteiger partial charge in [0, 0.05) is 24.8 Å². The second kappa shape index (κ2) is 8.51. The van der Waals surface area contributed by atoms with Crippen molar-refractivity contribution in [3.8, 4) is 11.4 Å². The highest BCUT2D eigenvalue weighted by molar-refractivity contribution is 9.10. The summed E-state index contributed by atoms with van der Waals surface area (Å²) in [4.78, 5) is 26.6. The van der Waals surface area contributed by atoms with Gasteiger partial charge >= 0.3 is 0 Å². The summed E-state index contributed by atoms with van der Waals surface area (Å²) in [6, 6.07) is 8.30. The summed E-state index contributed by atoms with van der Waals surface area (Å²) in [6.07, 6.45) is 4.40. The molecule has 0 radical (unpaired) electrons. The van der Waals surface area contributed by atoms with Gasteiger partial charge in [0.1, 0.15) is 11.3 Å². The van der Waals surface area contributed by atoms with E-state index in [0.717, 1.165) is 64.2 Å². The lowest BCUT2D eigenvalue weighted by Crippen LogP contribution is -2.36. The number of piperidine rings is 1. The van der Waals surface area contributed by atoms with E-state index in [1.165, 1.54) is 0 Å². The van der Waals surface area contributed by atoms with Gasteiger partial charge in [0.15, 0.2) is 5.65 Å². The maximum atomic E-state index is 11.6. The lowest BCUT2D eigenvalue weighted by atomic mass is 10.1. The van der Waals surface area contributed by atoms with Crippen LogP contribution in [0, 0.1) is 0 Å². The molecule has 0 aliphatic carbocycles. The molecule has 3 heterocycles. The number of carbonyl (C=O) groups excluding carboxylic acids is 1. The van der Waals surface area contributed by atoms with Crippen LogP contribution in [0.1, 0.15) is 18.4 Å². The first-order valence-electron chi connectivity index (χ1n) is 9.82.